The number of aromatic carboxylic acids is 1. The topological polar surface area (TPSA) is 122 Å². The molecule has 0 atom stereocenters. The summed E-state index contributed by atoms with van der Waals surface area (Å²) in [5, 5.41) is 21.3. The molecule has 0 aliphatic rings. The number of carboxylic acids is 1. The summed E-state index contributed by atoms with van der Waals surface area (Å²) in [7, 11) is 1.44. The summed E-state index contributed by atoms with van der Waals surface area (Å²) >= 11 is 6.04. The van der Waals surface area contributed by atoms with Crippen LogP contribution in [0.1, 0.15) is 21.9 Å². The number of hydrogen-bond acceptors (Lipinski definition) is 6. The van der Waals surface area contributed by atoms with E-state index < -0.39 is 11.9 Å². The Hall–Kier alpha value is -4.22. The third-order valence-electron chi connectivity index (χ3n) is 4.23. The lowest BCUT2D eigenvalue weighted by Gasteiger charge is -2.11. The van der Waals surface area contributed by atoms with Gasteiger partial charge in [-0.1, -0.05) is 29.8 Å². The summed E-state index contributed by atoms with van der Waals surface area (Å²) in [6, 6.07) is 16.3. The molecule has 0 bridgehead atoms. The number of nitrogens with zero attached hydrogens (tertiary/aromatic N) is 1. The first-order valence-electron chi connectivity index (χ1n) is 9.21. The van der Waals surface area contributed by atoms with E-state index in [0.717, 1.165) is 0 Å². The molecular weight excluding hydrogens is 436 g/mol. The van der Waals surface area contributed by atoms with Crippen LogP contribution >= 0.6 is 11.6 Å². The van der Waals surface area contributed by atoms with Crippen LogP contribution in [0, 0.1) is 11.3 Å². The molecule has 8 nitrogen and oxygen atoms in total. The van der Waals surface area contributed by atoms with Crippen LogP contribution in [0.4, 0.5) is 5.69 Å². The molecule has 9 heteroatoms. The molecule has 0 saturated carbocycles. The van der Waals surface area contributed by atoms with E-state index in [9.17, 15) is 14.9 Å². The second-order valence-corrected chi connectivity index (χ2v) is 6.78. The zero-order valence-corrected chi connectivity index (χ0v) is 17.6. The van der Waals surface area contributed by atoms with E-state index in [1.54, 1.807) is 42.5 Å². The highest BCUT2D eigenvalue weighted by Gasteiger charge is 2.14. The largest absolute Gasteiger partial charge is 0.493 e. The zero-order valence-electron chi connectivity index (χ0n) is 16.8. The maximum Gasteiger partial charge on any atom is 0.371 e. The van der Waals surface area contributed by atoms with Gasteiger partial charge in [0, 0.05) is 0 Å². The summed E-state index contributed by atoms with van der Waals surface area (Å²) in [6.07, 6.45) is 1.41. The normalized spacial score (nSPS) is 10.8. The fourth-order valence-corrected chi connectivity index (χ4v) is 2.86. The number of ether oxygens (including phenoxy) is 2. The minimum Gasteiger partial charge on any atom is -0.493 e. The van der Waals surface area contributed by atoms with Crippen molar-refractivity contribution in [2.24, 2.45) is 0 Å². The number of methoxy groups -OCH3 is 1. The number of halogens is 1. The molecule has 0 aliphatic carbocycles. The van der Waals surface area contributed by atoms with Gasteiger partial charge in [0.05, 0.1) is 17.8 Å². The Morgan fingerprint density at radius 1 is 1.19 bits per heavy atom. The van der Waals surface area contributed by atoms with E-state index in [1.807, 2.05) is 6.07 Å². The fourth-order valence-electron chi connectivity index (χ4n) is 2.68. The van der Waals surface area contributed by atoms with E-state index in [1.165, 1.54) is 25.3 Å². The van der Waals surface area contributed by atoms with Gasteiger partial charge in [0.1, 0.15) is 24.0 Å². The molecule has 2 aromatic carbocycles. The predicted octanol–water partition coefficient (Wildman–Crippen LogP) is 4.76. The van der Waals surface area contributed by atoms with E-state index in [2.05, 4.69) is 5.32 Å². The number of rotatable bonds is 8. The van der Waals surface area contributed by atoms with Gasteiger partial charge in [-0.25, -0.2) is 4.79 Å². The lowest BCUT2D eigenvalue weighted by Crippen LogP contribution is -2.13. The van der Waals surface area contributed by atoms with Gasteiger partial charge >= 0.3 is 5.97 Å². The number of amides is 1. The third kappa shape index (κ3) is 5.47. The number of nitrogens with one attached hydrogen (secondary N) is 1. The van der Waals surface area contributed by atoms with Gasteiger partial charge < -0.3 is 24.3 Å². The number of furan rings is 1. The SMILES string of the molecule is COc1cc(C=C(C#N)C(=O)Nc2ccccc2Cl)ccc1OCc1ccc(C(=O)O)o1. The van der Waals surface area contributed by atoms with E-state index in [4.69, 9.17) is 30.6 Å². The minimum absolute atomic E-state index is 0.0114. The second kappa shape index (κ2) is 10.2. The first kappa shape index (κ1) is 22.5. The average Bonchev–Trinajstić information content (AvgIpc) is 3.27. The second-order valence-electron chi connectivity index (χ2n) is 6.37. The first-order valence-corrected chi connectivity index (χ1v) is 9.59. The highest BCUT2D eigenvalue weighted by atomic mass is 35.5. The Balaban J connectivity index is 1.75. The van der Waals surface area contributed by atoms with Crippen molar-refractivity contribution >= 4 is 35.2 Å². The van der Waals surface area contributed by atoms with Gasteiger partial charge in [-0.3, -0.25) is 4.79 Å². The van der Waals surface area contributed by atoms with Crippen molar-refractivity contribution in [3.63, 3.8) is 0 Å². The van der Waals surface area contributed by atoms with Gasteiger partial charge in [0.2, 0.25) is 5.76 Å². The Bertz CT molecular complexity index is 1230. The number of carbonyl (C=O) groups is 2. The number of anilines is 1. The molecule has 2 N–H and O–H groups in total. The molecule has 0 unspecified atom stereocenters. The fraction of sp³-hybridized carbons (Fsp3) is 0.0870. The number of benzene rings is 2. The Labute approximate surface area is 188 Å². The average molecular weight is 453 g/mol. The molecule has 0 fully saturated rings. The maximum absolute atomic E-state index is 12.5. The lowest BCUT2D eigenvalue weighted by molar-refractivity contribution is -0.112. The van der Waals surface area contributed by atoms with Crippen LogP contribution in [0.3, 0.4) is 0 Å². The van der Waals surface area contributed by atoms with Crippen LogP contribution in [-0.4, -0.2) is 24.1 Å². The molecule has 1 heterocycles. The molecule has 32 heavy (non-hydrogen) atoms. The van der Waals surface area contributed by atoms with Crippen LogP contribution in [0.2, 0.25) is 5.02 Å². The zero-order chi connectivity index (χ0) is 23.1. The van der Waals surface area contributed by atoms with Crippen LogP contribution in [0.15, 0.2) is 64.6 Å². The van der Waals surface area contributed by atoms with Crippen molar-refractivity contribution in [2.45, 2.75) is 6.61 Å². The number of para-hydroxylation sites is 1. The quantitative estimate of drug-likeness (QED) is 0.373. The van der Waals surface area contributed by atoms with Gasteiger partial charge in [-0.05, 0) is 48.0 Å². The van der Waals surface area contributed by atoms with Crippen molar-refractivity contribution in [3.05, 3.63) is 82.3 Å². The standard InChI is InChI=1S/C23H17ClN2O6/c1-30-21-11-14(6-8-19(21)31-13-16-7-9-20(32-16)23(28)29)10-15(12-25)22(27)26-18-5-3-2-4-17(18)24/h2-11H,13H2,1H3,(H,26,27)(H,28,29). The number of hydrogen-bond donors (Lipinski definition) is 2. The summed E-state index contributed by atoms with van der Waals surface area (Å²) in [5.74, 6) is -0.903. The summed E-state index contributed by atoms with van der Waals surface area (Å²) in [6.45, 7) is -0.0114. The highest BCUT2D eigenvalue weighted by molar-refractivity contribution is 6.34. The smallest absolute Gasteiger partial charge is 0.371 e. The molecule has 0 radical (unpaired) electrons. The molecule has 1 amide bonds. The number of carbonyl (C=O) groups excluding carboxylic acids is 1. The molecular formula is C23H17ClN2O6. The van der Waals surface area contributed by atoms with Gasteiger partial charge in [0.25, 0.3) is 5.91 Å². The Morgan fingerprint density at radius 2 is 1.97 bits per heavy atom. The Kier molecular flexibility index (Phi) is 7.16. The molecule has 162 valence electrons. The van der Waals surface area contributed by atoms with Crippen molar-refractivity contribution in [1.29, 1.82) is 5.26 Å². The van der Waals surface area contributed by atoms with Crippen molar-refractivity contribution < 1.29 is 28.6 Å². The molecule has 0 aliphatic heterocycles. The number of nitriles is 1. The van der Waals surface area contributed by atoms with Crippen molar-refractivity contribution in [2.75, 3.05) is 12.4 Å². The molecule has 3 aromatic rings. The lowest BCUT2D eigenvalue weighted by atomic mass is 10.1. The van der Waals surface area contributed by atoms with Crippen LogP contribution < -0.4 is 14.8 Å². The summed E-state index contributed by atoms with van der Waals surface area (Å²) < 4.78 is 16.1. The van der Waals surface area contributed by atoms with Crippen molar-refractivity contribution in [3.8, 4) is 17.6 Å². The van der Waals surface area contributed by atoms with Gasteiger partial charge in [0.15, 0.2) is 11.5 Å². The number of carboxylic acid groups (broad SMARTS) is 1. The monoisotopic (exact) mass is 452 g/mol. The highest BCUT2D eigenvalue weighted by Crippen LogP contribution is 2.30. The minimum atomic E-state index is -1.17. The van der Waals surface area contributed by atoms with Gasteiger partial charge in [-0.2, -0.15) is 5.26 Å². The third-order valence-corrected chi connectivity index (χ3v) is 4.56. The molecule has 1 aromatic heterocycles. The van der Waals surface area contributed by atoms with E-state index in [0.29, 0.717) is 33.5 Å². The molecule has 0 spiro atoms. The van der Waals surface area contributed by atoms with Crippen LogP contribution in [-0.2, 0) is 11.4 Å². The van der Waals surface area contributed by atoms with E-state index in [-0.39, 0.29) is 17.9 Å². The van der Waals surface area contributed by atoms with E-state index >= 15 is 0 Å². The Morgan fingerprint density at radius 3 is 2.62 bits per heavy atom. The molecule has 3 rings (SSSR count). The van der Waals surface area contributed by atoms with Crippen molar-refractivity contribution in [1.82, 2.24) is 0 Å². The molecule has 0 saturated heterocycles. The predicted molar refractivity (Wildman–Crippen MR) is 117 cm³/mol. The van der Waals surface area contributed by atoms with Crippen LogP contribution in [0.25, 0.3) is 6.08 Å². The first-order chi connectivity index (χ1) is 15.4. The maximum atomic E-state index is 12.5. The summed E-state index contributed by atoms with van der Waals surface area (Å²) in [4.78, 5) is 23.4. The summed E-state index contributed by atoms with van der Waals surface area (Å²) in [5.41, 5.74) is 0.800. The van der Waals surface area contributed by atoms with Crippen LogP contribution in [0.5, 0.6) is 11.5 Å². The van der Waals surface area contributed by atoms with Gasteiger partial charge in [-0.15, -0.1) is 0 Å².